The summed E-state index contributed by atoms with van der Waals surface area (Å²) in [5.41, 5.74) is 4.74. The van der Waals surface area contributed by atoms with E-state index in [1.807, 2.05) is 12.1 Å². The molecule has 3 nitrogen and oxygen atoms in total. The van der Waals surface area contributed by atoms with E-state index >= 15 is 0 Å². The Labute approximate surface area is 237 Å². The first-order valence-electron chi connectivity index (χ1n) is 15.9. The van der Waals surface area contributed by atoms with Crippen molar-refractivity contribution in [1.82, 2.24) is 4.98 Å². The minimum absolute atomic E-state index is 0.0408. The van der Waals surface area contributed by atoms with Crippen LogP contribution in [0.5, 0.6) is 0 Å². The molecule has 0 saturated heterocycles. The number of aromatic nitrogens is 1. The van der Waals surface area contributed by atoms with Crippen molar-refractivity contribution in [3.63, 3.8) is 0 Å². The summed E-state index contributed by atoms with van der Waals surface area (Å²) in [5, 5.41) is 0. The Hall–Kier alpha value is -1.90. The molecule has 1 heterocycles. The second-order valence-corrected chi connectivity index (χ2v) is 15.5. The number of rotatable bonds is 3. The van der Waals surface area contributed by atoms with Crippen molar-refractivity contribution in [1.29, 1.82) is 0 Å². The number of ether oxygens (including phenoxy) is 1. The molecule has 0 bridgehead atoms. The van der Waals surface area contributed by atoms with E-state index in [1.165, 1.54) is 56.9 Å². The number of pyridine rings is 1. The van der Waals surface area contributed by atoms with E-state index in [-0.39, 0.29) is 22.9 Å². The average Bonchev–Trinajstić information content (AvgIpc) is 2.90. The second-order valence-electron chi connectivity index (χ2n) is 15.5. The third-order valence-electron chi connectivity index (χ3n) is 13.8. The van der Waals surface area contributed by atoms with Gasteiger partial charge in [-0.25, -0.2) is 4.79 Å². The molecule has 4 fully saturated rings. The van der Waals surface area contributed by atoms with E-state index in [0.717, 1.165) is 30.6 Å². The van der Waals surface area contributed by atoms with Crippen molar-refractivity contribution in [2.75, 3.05) is 0 Å². The van der Waals surface area contributed by atoms with E-state index < -0.39 is 0 Å². The van der Waals surface area contributed by atoms with Crippen molar-refractivity contribution in [2.45, 2.75) is 112 Å². The number of nitrogens with zero attached hydrogens (tertiary/aromatic N) is 1. The highest BCUT2D eigenvalue weighted by molar-refractivity contribution is 5.89. The van der Waals surface area contributed by atoms with Crippen LogP contribution in [0.4, 0.5) is 0 Å². The Bertz CT molecular complexity index is 1170. The van der Waals surface area contributed by atoms with Gasteiger partial charge in [-0.1, -0.05) is 58.4 Å². The molecule has 4 saturated carbocycles. The SMILES string of the molecule is C=C(C)[C@@H]1CCC=C2CC[C@]3(C)[C@H](CC[C@@H]4[C@@]5(C)CC[C@H](OC(=O)c6cccnc6)C(C)(C)[C@@H]5CC[C@]43C)[C@H]21. The van der Waals surface area contributed by atoms with Crippen LogP contribution in [-0.2, 0) is 4.74 Å². The molecule has 0 radical (unpaired) electrons. The van der Waals surface area contributed by atoms with Crippen LogP contribution in [0, 0.1) is 51.2 Å². The molecule has 0 spiro atoms. The highest BCUT2D eigenvalue weighted by Crippen LogP contribution is 2.75. The summed E-state index contributed by atoms with van der Waals surface area (Å²) >= 11 is 0. The normalized spacial score (nSPS) is 44.5. The fourth-order valence-electron chi connectivity index (χ4n) is 11.7. The van der Waals surface area contributed by atoms with Crippen LogP contribution in [0.1, 0.15) is 116 Å². The molecule has 1 aromatic heterocycles. The maximum absolute atomic E-state index is 13.0. The van der Waals surface area contributed by atoms with Crippen molar-refractivity contribution in [3.05, 3.63) is 53.9 Å². The van der Waals surface area contributed by atoms with Crippen LogP contribution in [0.15, 0.2) is 48.3 Å². The standard InChI is InChI=1S/C36H51NO2/c1-23(2)26-12-8-10-24-15-19-35(6)27(31(24)26)13-14-29-34(5)18-17-30(39-32(38)25-11-9-21-37-22-25)33(3,4)28(34)16-20-36(29,35)7/h9-11,21-22,26-31H,1,8,12-20H2,2-7H3/t26-,27+,28-,29+,30-,31+,34-,35+,36+/m0/s1. The second kappa shape index (κ2) is 9.31. The molecule has 5 aliphatic carbocycles. The lowest BCUT2D eigenvalue weighted by Crippen LogP contribution is -2.66. The van der Waals surface area contributed by atoms with Crippen molar-refractivity contribution in [2.24, 2.45) is 51.2 Å². The van der Waals surface area contributed by atoms with Gasteiger partial charge in [0, 0.05) is 17.8 Å². The predicted octanol–water partition coefficient (Wildman–Crippen LogP) is 9.20. The monoisotopic (exact) mass is 529 g/mol. The third-order valence-corrected chi connectivity index (χ3v) is 13.8. The number of carbonyl (C=O) groups excluding carboxylic acids is 1. The first-order chi connectivity index (χ1) is 18.4. The van der Waals surface area contributed by atoms with E-state index in [9.17, 15) is 4.79 Å². The summed E-state index contributed by atoms with van der Waals surface area (Å²) in [6.45, 7) is 19.6. The zero-order valence-corrected chi connectivity index (χ0v) is 25.4. The minimum Gasteiger partial charge on any atom is -0.458 e. The van der Waals surface area contributed by atoms with E-state index in [2.05, 4.69) is 59.2 Å². The topological polar surface area (TPSA) is 39.2 Å². The summed E-state index contributed by atoms with van der Waals surface area (Å²) in [4.78, 5) is 17.2. The van der Waals surface area contributed by atoms with Crippen LogP contribution in [-0.4, -0.2) is 17.1 Å². The van der Waals surface area contributed by atoms with Crippen molar-refractivity contribution >= 4 is 5.97 Å². The molecule has 0 N–H and O–H groups in total. The first-order valence-corrected chi connectivity index (χ1v) is 15.9. The molecule has 212 valence electrons. The Morgan fingerprint density at radius 1 is 0.974 bits per heavy atom. The Morgan fingerprint density at radius 2 is 1.77 bits per heavy atom. The molecule has 39 heavy (non-hydrogen) atoms. The van der Waals surface area contributed by atoms with Gasteiger partial charge in [-0.2, -0.15) is 0 Å². The summed E-state index contributed by atoms with van der Waals surface area (Å²) in [5.74, 6) is 3.26. The third kappa shape index (κ3) is 3.87. The predicted molar refractivity (Wildman–Crippen MR) is 158 cm³/mol. The Kier molecular flexibility index (Phi) is 6.52. The molecular weight excluding hydrogens is 478 g/mol. The van der Waals surface area contributed by atoms with Gasteiger partial charge in [0.15, 0.2) is 0 Å². The van der Waals surface area contributed by atoms with Gasteiger partial charge in [0.05, 0.1) is 5.56 Å². The largest absolute Gasteiger partial charge is 0.458 e. The van der Waals surface area contributed by atoms with Crippen molar-refractivity contribution < 1.29 is 9.53 Å². The zero-order valence-electron chi connectivity index (χ0n) is 25.4. The van der Waals surface area contributed by atoms with Crippen LogP contribution >= 0.6 is 0 Å². The molecule has 0 amide bonds. The maximum Gasteiger partial charge on any atom is 0.339 e. The smallest absolute Gasteiger partial charge is 0.339 e. The van der Waals surface area contributed by atoms with Crippen LogP contribution in [0.3, 0.4) is 0 Å². The highest BCUT2D eigenvalue weighted by Gasteiger charge is 2.68. The quantitative estimate of drug-likeness (QED) is 0.289. The van der Waals surface area contributed by atoms with E-state index in [1.54, 1.807) is 18.0 Å². The van der Waals surface area contributed by atoms with Gasteiger partial charge in [0.1, 0.15) is 6.10 Å². The molecule has 3 heteroatoms. The first kappa shape index (κ1) is 27.3. The maximum atomic E-state index is 13.0. The van der Waals surface area contributed by atoms with E-state index in [4.69, 9.17) is 4.74 Å². The number of allylic oxidation sites excluding steroid dienone is 3. The van der Waals surface area contributed by atoms with Gasteiger partial charge < -0.3 is 4.74 Å². The minimum atomic E-state index is -0.218. The fourth-order valence-corrected chi connectivity index (χ4v) is 11.7. The molecule has 0 unspecified atom stereocenters. The van der Waals surface area contributed by atoms with E-state index in [0.29, 0.717) is 28.2 Å². The fraction of sp³-hybridized carbons (Fsp3) is 0.722. The van der Waals surface area contributed by atoms with Gasteiger partial charge >= 0.3 is 5.97 Å². The van der Waals surface area contributed by atoms with Crippen molar-refractivity contribution in [3.8, 4) is 0 Å². The highest BCUT2D eigenvalue weighted by atomic mass is 16.5. The molecule has 1 aromatic rings. The number of esters is 1. The van der Waals surface area contributed by atoms with Gasteiger partial charge in [-0.3, -0.25) is 4.98 Å². The number of fused-ring (bicyclic) bond motifs is 7. The van der Waals surface area contributed by atoms with Gasteiger partial charge in [0.2, 0.25) is 0 Å². The lowest BCUT2D eigenvalue weighted by Gasteiger charge is -2.72. The molecule has 9 atom stereocenters. The van der Waals surface area contributed by atoms with Gasteiger partial charge in [0.25, 0.3) is 0 Å². The van der Waals surface area contributed by atoms with Crippen LogP contribution in [0.2, 0.25) is 0 Å². The molecule has 0 aliphatic heterocycles. The number of hydrogen-bond donors (Lipinski definition) is 0. The summed E-state index contributed by atoms with van der Waals surface area (Å²) in [6.07, 6.45) is 18.5. The summed E-state index contributed by atoms with van der Waals surface area (Å²) < 4.78 is 6.25. The zero-order chi connectivity index (χ0) is 27.8. The summed E-state index contributed by atoms with van der Waals surface area (Å²) in [6, 6.07) is 3.63. The lowest BCUT2D eigenvalue weighted by molar-refractivity contribution is -0.234. The molecule has 0 aromatic carbocycles. The molecule has 6 rings (SSSR count). The molecule has 5 aliphatic rings. The van der Waals surface area contributed by atoms with Crippen LogP contribution < -0.4 is 0 Å². The molecular formula is C36H51NO2. The lowest BCUT2D eigenvalue weighted by atomic mass is 9.33. The summed E-state index contributed by atoms with van der Waals surface area (Å²) in [7, 11) is 0. The Balaban J connectivity index is 1.28. The van der Waals surface area contributed by atoms with Gasteiger partial charge in [-0.05, 0) is 129 Å². The van der Waals surface area contributed by atoms with Crippen LogP contribution in [0.25, 0.3) is 0 Å². The average molecular weight is 530 g/mol. The Morgan fingerprint density at radius 3 is 2.49 bits per heavy atom. The number of carbonyl (C=O) groups is 1. The number of hydrogen-bond acceptors (Lipinski definition) is 3. The van der Waals surface area contributed by atoms with Gasteiger partial charge in [-0.15, -0.1) is 0 Å².